The summed E-state index contributed by atoms with van der Waals surface area (Å²) in [6.45, 7) is 1.93. The number of benzene rings is 1. The molecule has 5 heteroatoms. The number of carbonyl (C=O) groups is 1. The molecule has 0 radical (unpaired) electrons. The van der Waals surface area contributed by atoms with Gasteiger partial charge in [0.2, 0.25) is 5.91 Å². The fourth-order valence-electron chi connectivity index (χ4n) is 1.71. The van der Waals surface area contributed by atoms with Gasteiger partial charge in [0.1, 0.15) is 11.5 Å². The number of methoxy groups -OCH3 is 2. The summed E-state index contributed by atoms with van der Waals surface area (Å²) in [5.41, 5.74) is 6.26. The molecule has 0 aromatic heterocycles. The Hall–Kier alpha value is -1.75. The molecule has 0 spiro atoms. The standard InChI is InChI=1S/C14H22N2O3/c1-10(15)5-4-6-14(17)16-12-9-11(18-2)7-8-13(12)19-3/h7-10H,4-6,15H2,1-3H3,(H,16,17). The van der Waals surface area contributed by atoms with Crippen LogP contribution in [0.4, 0.5) is 5.69 Å². The Balaban J connectivity index is 2.61. The number of ether oxygens (including phenoxy) is 2. The van der Waals surface area contributed by atoms with Crippen LogP contribution in [-0.4, -0.2) is 26.2 Å². The minimum absolute atomic E-state index is 0.0489. The largest absolute Gasteiger partial charge is 0.497 e. The molecule has 106 valence electrons. The van der Waals surface area contributed by atoms with Crippen molar-refractivity contribution in [1.82, 2.24) is 0 Å². The molecule has 3 N–H and O–H groups in total. The summed E-state index contributed by atoms with van der Waals surface area (Å²) in [4.78, 5) is 11.8. The molecule has 1 aromatic carbocycles. The van der Waals surface area contributed by atoms with Gasteiger partial charge in [-0.2, -0.15) is 0 Å². The van der Waals surface area contributed by atoms with Crippen LogP contribution in [0, 0.1) is 0 Å². The topological polar surface area (TPSA) is 73.6 Å². The van der Waals surface area contributed by atoms with E-state index in [-0.39, 0.29) is 11.9 Å². The lowest BCUT2D eigenvalue weighted by Crippen LogP contribution is -2.17. The maximum atomic E-state index is 11.8. The number of rotatable bonds is 7. The summed E-state index contributed by atoms with van der Waals surface area (Å²) in [6.07, 6.45) is 2.06. The maximum Gasteiger partial charge on any atom is 0.224 e. The van der Waals surface area contributed by atoms with Gasteiger partial charge in [0.05, 0.1) is 19.9 Å². The van der Waals surface area contributed by atoms with Crippen molar-refractivity contribution >= 4 is 11.6 Å². The molecule has 1 atom stereocenters. The maximum absolute atomic E-state index is 11.8. The predicted octanol–water partition coefficient (Wildman–Crippen LogP) is 2.16. The summed E-state index contributed by atoms with van der Waals surface area (Å²) < 4.78 is 10.3. The van der Waals surface area contributed by atoms with Crippen LogP contribution in [0.25, 0.3) is 0 Å². The molecule has 1 aromatic rings. The van der Waals surface area contributed by atoms with Gasteiger partial charge in [-0.15, -0.1) is 0 Å². The first-order chi connectivity index (χ1) is 9.06. The molecule has 0 aliphatic carbocycles. The van der Waals surface area contributed by atoms with E-state index in [9.17, 15) is 4.79 Å². The second-order valence-corrected chi connectivity index (χ2v) is 4.48. The molecule has 0 aliphatic heterocycles. The lowest BCUT2D eigenvalue weighted by molar-refractivity contribution is -0.116. The summed E-state index contributed by atoms with van der Waals surface area (Å²) in [5, 5.41) is 2.83. The number of nitrogens with one attached hydrogen (secondary N) is 1. The van der Waals surface area contributed by atoms with Crippen molar-refractivity contribution in [3.8, 4) is 11.5 Å². The van der Waals surface area contributed by atoms with E-state index in [1.807, 2.05) is 6.92 Å². The Labute approximate surface area is 114 Å². The average Bonchev–Trinajstić information content (AvgIpc) is 2.38. The molecular weight excluding hydrogens is 244 g/mol. The molecule has 19 heavy (non-hydrogen) atoms. The number of carbonyl (C=O) groups excluding carboxylic acids is 1. The number of hydrogen-bond acceptors (Lipinski definition) is 4. The first kappa shape index (κ1) is 15.3. The molecule has 0 aliphatic rings. The molecule has 1 unspecified atom stereocenters. The van der Waals surface area contributed by atoms with Gasteiger partial charge in [-0.1, -0.05) is 0 Å². The average molecular weight is 266 g/mol. The van der Waals surface area contributed by atoms with Gasteiger partial charge in [-0.3, -0.25) is 4.79 Å². The van der Waals surface area contributed by atoms with E-state index in [1.54, 1.807) is 32.4 Å². The zero-order valence-electron chi connectivity index (χ0n) is 11.7. The lowest BCUT2D eigenvalue weighted by Gasteiger charge is -2.12. The second-order valence-electron chi connectivity index (χ2n) is 4.48. The van der Waals surface area contributed by atoms with Gasteiger partial charge in [0, 0.05) is 18.5 Å². The summed E-state index contributed by atoms with van der Waals surface area (Å²) in [7, 11) is 3.14. The fraction of sp³-hybridized carbons (Fsp3) is 0.500. The number of nitrogens with two attached hydrogens (primary N) is 1. The van der Waals surface area contributed by atoms with Crippen LogP contribution in [0.3, 0.4) is 0 Å². The zero-order valence-corrected chi connectivity index (χ0v) is 11.7. The van der Waals surface area contributed by atoms with Crippen LogP contribution in [-0.2, 0) is 4.79 Å². The zero-order chi connectivity index (χ0) is 14.3. The third-order valence-corrected chi connectivity index (χ3v) is 2.74. The van der Waals surface area contributed by atoms with Crippen molar-refractivity contribution in [2.75, 3.05) is 19.5 Å². The van der Waals surface area contributed by atoms with Crippen LogP contribution < -0.4 is 20.5 Å². The summed E-state index contributed by atoms with van der Waals surface area (Å²) >= 11 is 0. The van der Waals surface area contributed by atoms with Gasteiger partial charge in [-0.25, -0.2) is 0 Å². The van der Waals surface area contributed by atoms with Crippen molar-refractivity contribution < 1.29 is 14.3 Å². The number of hydrogen-bond donors (Lipinski definition) is 2. The predicted molar refractivity (Wildman–Crippen MR) is 75.7 cm³/mol. The third kappa shape index (κ3) is 5.18. The molecule has 5 nitrogen and oxygen atoms in total. The smallest absolute Gasteiger partial charge is 0.224 e. The van der Waals surface area contributed by atoms with E-state index in [2.05, 4.69) is 5.32 Å². The minimum Gasteiger partial charge on any atom is -0.497 e. The number of amides is 1. The highest BCUT2D eigenvalue weighted by molar-refractivity contribution is 5.92. The van der Waals surface area contributed by atoms with Crippen molar-refractivity contribution in [3.63, 3.8) is 0 Å². The third-order valence-electron chi connectivity index (χ3n) is 2.74. The Morgan fingerprint density at radius 2 is 2.11 bits per heavy atom. The Kier molecular flexibility index (Phi) is 6.15. The Morgan fingerprint density at radius 3 is 2.68 bits per heavy atom. The monoisotopic (exact) mass is 266 g/mol. The summed E-state index contributed by atoms with van der Waals surface area (Å²) in [6, 6.07) is 5.41. The van der Waals surface area contributed by atoms with Crippen LogP contribution >= 0.6 is 0 Å². The molecule has 0 fully saturated rings. The minimum atomic E-state index is -0.0489. The van der Waals surface area contributed by atoms with Crippen molar-refractivity contribution in [2.45, 2.75) is 32.2 Å². The Morgan fingerprint density at radius 1 is 1.37 bits per heavy atom. The van der Waals surface area contributed by atoms with Crippen LogP contribution in [0.15, 0.2) is 18.2 Å². The highest BCUT2D eigenvalue weighted by Gasteiger charge is 2.09. The molecule has 0 saturated heterocycles. The van der Waals surface area contributed by atoms with Crippen molar-refractivity contribution in [2.24, 2.45) is 5.73 Å². The Bertz CT molecular complexity index is 419. The lowest BCUT2D eigenvalue weighted by atomic mass is 10.1. The van der Waals surface area contributed by atoms with Crippen LogP contribution in [0.2, 0.25) is 0 Å². The van der Waals surface area contributed by atoms with E-state index in [0.29, 0.717) is 23.6 Å². The van der Waals surface area contributed by atoms with Gasteiger partial charge in [0.15, 0.2) is 0 Å². The highest BCUT2D eigenvalue weighted by Crippen LogP contribution is 2.29. The van der Waals surface area contributed by atoms with Crippen molar-refractivity contribution in [1.29, 1.82) is 0 Å². The quantitative estimate of drug-likeness (QED) is 0.793. The fourth-order valence-corrected chi connectivity index (χ4v) is 1.71. The van der Waals surface area contributed by atoms with Crippen LogP contribution in [0.1, 0.15) is 26.2 Å². The molecule has 1 amide bonds. The van der Waals surface area contributed by atoms with Crippen LogP contribution in [0.5, 0.6) is 11.5 Å². The first-order valence-electron chi connectivity index (χ1n) is 6.34. The van der Waals surface area contributed by atoms with E-state index >= 15 is 0 Å². The molecule has 0 bridgehead atoms. The van der Waals surface area contributed by atoms with Gasteiger partial charge in [-0.05, 0) is 31.9 Å². The van der Waals surface area contributed by atoms with Gasteiger partial charge >= 0.3 is 0 Å². The van der Waals surface area contributed by atoms with Gasteiger partial charge in [0.25, 0.3) is 0 Å². The second kappa shape index (κ2) is 7.63. The van der Waals surface area contributed by atoms with E-state index in [1.165, 1.54) is 0 Å². The molecule has 1 rings (SSSR count). The molecule has 0 heterocycles. The van der Waals surface area contributed by atoms with Gasteiger partial charge < -0.3 is 20.5 Å². The molecule has 0 saturated carbocycles. The highest BCUT2D eigenvalue weighted by atomic mass is 16.5. The van der Waals surface area contributed by atoms with E-state index in [0.717, 1.165) is 12.8 Å². The van der Waals surface area contributed by atoms with E-state index in [4.69, 9.17) is 15.2 Å². The molecular formula is C14H22N2O3. The summed E-state index contributed by atoms with van der Waals surface area (Å²) in [5.74, 6) is 1.24. The SMILES string of the molecule is COc1ccc(OC)c(NC(=O)CCCC(C)N)c1. The first-order valence-corrected chi connectivity index (χ1v) is 6.34. The normalized spacial score (nSPS) is 11.8. The van der Waals surface area contributed by atoms with Crippen molar-refractivity contribution in [3.05, 3.63) is 18.2 Å². The number of anilines is 1. The van der Waals surface area contributed by atoms with E-state index < -0.39 is 0 Å².